The first-order valence-electron chi connectivity index (χ1n) is 9.36. The van der Waals surface area contributed by atoms with Gasteiger partial charge in [-0.2, -0.15) is 0 Å². The maximum absolute atomic E-state index is 13.2. The maximum atomic E-state index is 13.2. The SMILES string of the molecule is COc1ccc(-c2oc3ccccc3c(=O)c2OC(=O)c2ccc([N+](=O)[O-])cc2Cl)cc1Br. The van der Waals surface area contributed by atoms with Crippen LogP contribution in [0.4, 0.5) is 5.69 Å². The highest BCUT2D eigenvalue weighted by atomic mass is 79.9. The normalized spacial score (nSPS) is 10.8. The van der Waals surface area contributed by atoms with Crippen LogP contribution in [0.2, 0.25) is 5.02 Å². The zero-order valence-corrected chi connectivity index (χ0v) is 19.2. The summed E-state index contributed by atoms with van der Waals surface area (Å²) in [4.78, 5) is 36.4. The van der Waals surface area contributed by atoms with E-state index in [9.17, 15) is 19.7 Å². The van der Waals surface area contributed by atoms with E-state index >= 15 is 0 Å². The monoisotopic (exact) mass is 529 g/mol. The fraction of sp³-hybridized carbons (Fsp3) is 0.0435. The predicted molar refractivity (Wildman–Crippen MR) is 125 cm³/mol. The number of fused-ring (bicyclic) bond motifs is 1. The number of hydrogen-bond acceptors (Lipinski definition) is 7. The second-order valence-electron chi connectivity index (χ2n) is 6.75. The number of benzene rings is 3. The molecule has 0 atom stereocenters. The van der Waals surface area contributed by atoms with Crippen molar-refractivity contribution in [1.82, 2.24) is 0 Å². The number of carbonyl (C=O) groups excluding carboxylic acids is 1. The molecule has 10 heteroatoms. The molecule has 4 aromatic rings. The number of ether oxygens (including phenoxy) is 2. The van der Waals surface area contributed by atoms with Gasteiger partial charge in [-0.15, -0.1) is 0 Å². The van der Waals surface area contributed by atoms with E-state index in [0.717, 1.165) is 18.2 Å². The van der Waals surface area contributed by atoms with E-state index in [1.54, 1.807) is 42.5 Å². The number of nitro groups is 1. The molecular weight excluding hydrogens is 518 g/mol. The molecule has 0 spiro atoms. The average Bonchev–Trinajstić information content (AvgIpc) is 2.80. The van der Waals surface area contributed by atoms with Gasteiger partial charge in [0, 0.05) is 17.7 Å². The molecule has 0 aliphatic carbocycles. The molecule has 0 fully saturated rings. The minimum Gasteiger partial charge on any atom is -0.496 e. The molecule has 166 valence electrons. The lowest BCUT2D eigenvalue weighted by molar-refractivity contribution is -0.384. The predicted octanol–water partition coefficient (Wildman–Crippen LogP) is 6.01. The molecule has 0 aliphatic rings. The minimum atomic E-state index is -0.966. The molecule has 0 unspecified atom stereocenters. The van der Waals surface area contributed by atoms with Crippen molar-refractivity contribution in [3.05, 3.63) is 96.1 Å². The van der Waals surface area contributed by atoms with Crippen molar-refractivity contribution in [2.75, 3.05) is 7.11 Å². The summed E-state index contributed by atoms with van der Waals surface area (Å²) in [6, 6.07) is 14.8. The van der Waals surface area contributed by atoms with E-state index in [-0.39, 0.29) is 33.2 Å². The topological polar surface area (TPSA) is 109 Å². The Morgan fingerprint density at radius 2 is 1.88 bits per heavy atom. The molecule has 0 bridgehead atoms. The molecule has 1 aromatic heterocycles. The van der Waals surface area contributed by atoms with E-state index in [1.807, 2.05) is 0 Å². The number of non-ortho nitro benzene ring substituents is 1. The highest BCUT2D eigenvalue weighted by Crippen LogP contribution is 2.36. The fourth-order valence-electron chi connectivity index (χ4n) is 3.15. The number of hydrogen-bond donors (Lipinski definition) is 0. The Labute approximate surface area is 199 Å². The van der Waals surface area contributed by atoms with Crippen LogP contribution in [0.1, 0.15) is 10.4 Å². The summed E-state index contributed by atoms with van der Waals surface area (Å²) in [5, 5.41) is 11.0. The Kier molecular flexibility index (Phi) is 6.17. The van der Waals surface area contributed by atoms with Crippen LogP contribution in [-0.4, -0.2) is 18.0 Å². The molecule has 33 heavy (non-hydrogen) atoms. The average molecular weight is 531 g/mol. The molecule has 4 rings (SSSR count). The Balaban J connectivity index is 1.86. The minimum absolute atomic E-state index is 0.0217. The van der Waals surface area contributed by atoms with E-state index in [2.05, 4.69) is 15.9 Å². The second kappa shape index (κ2) is 9.05. The third-order valence-electron chi connectivity index (χ3n) is 4.75. The molecule has 0 radical (unpaired) electrons. The molecule has 3 aromatic carbocycles. The standard InChI is InChI=1S/C23H13BrClNO7/c1-31-19-9-6-12(10-16(19)24)21-22(20(27)15-4-2-3-5-18(15)32-21)33-23(28)14-8-7-13(26(29)30)11-17(14)25/h2-11H,1H3. The number of carbonyl (C=O) groups is 1. The van der Waals surface area contributed by atoms with Gasteiger partial charge >= 0.3 is 5.97 Å². The molecule has 1 heterocycles. The first-order valence-corrected chi connectivity index (χ1v) is 10.5. The lowest BCUT2D eigenvalue weighted by Crippen LogP contribution is -2.16. The summed E-state index contributed by atoms with van der Waals surface area (Å²) in [5.74, 6) is -0.733. The number of para-hydroxylation sites is 1. The molecule has 0 saturated heterocycles. The van der Waals surface area contributed by atoms with Gasteiger partial charge in [-0.3, -0.25) is 14.9 Å². The van der Waals surface area contributed by atoms with Crippen LogP contribution in [0, 0.1) is 10.1 Å². The first kappa shape index (κ1) is 22.5. The van der Waals surface area contributed by atoms with Crippen LogP contribution in [0.15, 0.2) is 74.3 Å². The molecular formula is C23H13BrClNO7. The molecule has 0 amide bonds. The third kappa shape index (κ3) is 4.33. The maximum Gasteiger partial charge on any atom is 0.345 e. The summed E-state index contributed by atoms with van der Waals surface area (Å²) in [6.07, 6.45) is 0. The molecule has 0 N–H and O–H groups in total. The van der Waals surface area contributed by atoms with Gasteiger partial charge in [0.25, 0.3) is 5.69 Å². The lowest BCUT2D eigenvalue weighted by Gasteiger charge is -2.12. The van der Waals surface area contributed by atoms with Gasteiger partial charge in [0.2, 0.25) is 11.2 Å². The molecule has 0 saturated carbocycles. The zero-order chi connectivity index (χ0) is 23.7. The van der Waals surface area contributed by atoms with E-state index in [4.69, 9.17) is 25.5 Å². The smallest absolute Gasteiger partial charge is 0.345 e. The van der Waals surface area contributed by atoms with E-state index in [0.29, 0.717) is 21.4 Å². The van der Waals surface area contributed by atoms with Crippen LogP contribution in [0.5, 0.6) is 11.5 Å². The van der Waals surface area contributed by atoms with Gasteiger partial charge in [-0.25, -0.2) is 4.79 Å². The van der Waals surface area contributed by atoms with Crippen LogP contribution >= 0.6 is 27.5 Å². The van der Waals surface area contributed by atoms with Crippen molar-refractivity contribution >= 4 is 50.2 Å². The van der Waals surface area contributed by atoms with Gasteiger partial charge in [0.1, 0.15) is 11.3 Å². The van der Waals surface area contributed by atoms with Crippen LogP contribution < -0.4 is 14.9 Å². The third-order valence-corrected chi connectivity index (χ3v) is 5.68. The van der Waals surface area contributed by atoms with Crippen LogP contribution in [-0.2, 0) is 0 Å². The van der Waals surface area contributed by atoms with Crippen molar-refractivity contribution in [3.63, 3.8) is 0 Å². The van der Waals surface area contributed by atoms with Gasteiger partial charge in [0.05, 0.1) is 32.5 Å². The summed E-state index contributed by atoms with van der Waals surface area (Å²) in [7, 11) is 1.51. The van der Waals surface area contributed by atoms with Gasteiger partial charge in [-0.1, -0.05) is 23.7 Å². The summed E-state index contributed by atoms with van der Waals surface area (Å²) in [5.41, 5.74) is -0.242. The van der Waals surface area contributed by atoms with Gasteiger partial charge < -0.3 is 13.9 Å². The van der Waals surface area contributed by atoms with Gasteiger partial charge in [-0.05, 0) is 52.3 Å². The molecule has 8 nitrogen and oxygen atoms in total. The number of rotatable bonds is 5. The van der Waals surface area contributed by atoms with Crippen LogP contribution in [0.25, 0.3) is 22.3 Å². The number of esters is 1. The van der Waals surface area contributed by atoms with Crippen LogP contribution in [0.3, 0.4) is 0 Å². The number of halogens is 2. The van der Waals surface area contributed by atoms with Gasteiger partial charge in [0.15, 0.2) is 5.76 Å². The number of nitro benzene ring substituents is 1. The van der Waals surface area contributed by atoms with Crippen molar-refractivity contribution in [2.24, 2.45) is 0 Å². The molecule has 0 aliphatic heterocycles. The number of methoxy groups -OCH3 is 1. The van der Waals surface area contributed by atoms with Crippen molar-refractivity contribution in [2.45, 2.75) is 0 Å². The Morgan fingerprint density at radius 1 is 1.12 bits per heavy atom. The fourth-order valence-corrected chi connectivity index (χ4v) is 3.94. The summed E-state index contributed by atoms with van der Waals surface area (Å²) < 4.78 is 17.2. The van der Waals surface area contributed by atoms with Crippen molar-refractivity contribution < 1.29 is 23.6 Å². The highest BCUT2D eigenvalue weighted by molar-refractivity contribution is 9.10. The van der Waals surface area contributed by atoms with Crippen molar-refractivity contribution in [1.29, 1.82) is 0 Å². The first-order chi connectivity index (χ1) is 15.8. The second-order valence-corrected chi connectivity index (χ2v) is 8.01. The Morgan fingerprint density at radius 3 is 2.55 bits per heavy atom. The van der Waals surface area contributed by atoms with Crippen molar-refractivity contribution in [3.8, 4) is 22.8 Å². The highest BCUT2D eigenvalue weighted by Gasteiger charge is 2.24. The number of nitrogens with zero attached hydrogens (tertiary/aromatic N) is 1. The Bertz CT molecular complexity index is 1480. The zero-order valence-electron chi connectivity index (χ0n) is 16.8. The van der Waals surface area contributed by atoms with E-state index in [1.165, 1.54) is 7.11 Å². The summed E-state index contributed by atoms with van der Waals surface area (Å²) >= 11 is 9.44. The largest absolute Gasteiger partial charge is 0.496 e. The lowest BCUT2D eigenvalue weighted by atomic mass is 10.1. The quantitative estimate of drug-likeness (QED) is 0.176. The summed E-state index contributed by atoms with van der Waals surface area (Å²) in [6.45, 7) is 0. The Hall–Kier alpha value is -3.69. The van der Waals surface area contributed by atoms with E-state index < -0.39 is 16.3 Å².